The van der Waals surface area contributed by atoms with E-state index in [1.165, 1.54) is 5.56 Å². The minimum Gasteiger partial charge on any atom is -0.480 e. The molecule has 2 heterocycles. The molecule has 186 valence electrons. The first kappa shape index (κ1) is 23.9. The quantitative estimate of drug-likeness (QED) is 0.363. The summed E-state index contributed by atoms with van der Waals surface area (Å²) in [7, 11) is 0. The number of aliphatic carboxylic acids is 1. The number of carbonyl (C=O) groups excluding carboxylic acids is 1. The molecule has 0 aliphatic heterocycles. The van der Waals surface area contributed by atoms with E-state index >= 15 is 0 Å². The van der Waals surface area contributed by atoms with Crippen molar-refractivity contribution >= 4 is 33.8 Å². The molecule has 0 saturated carbocycles. The maximum Gasteiger partial charge on any atom is 0.339 e. The van der Waals surface area contributed by atoms with Gasteiger partial charge in [-0.05, 0) is 56.7 Å². The van der Waals surface area contributed by atoms with Gasteiger partial charge in [-0.2, -0.15) is 0 Å². The molecule has 7 heteroatoms. The molecule has 1 aliphatic carbocycles. The molecule has 36 heavy (non-hydrogen) atoms. The van der Waals surface area contributed by atoms with Crippen LogP contribution < -0.4 is 10.9 Å². The smallest absolute Gasteiger partial charge is 0.339 e. The van der Waals surface area contributed by atoms with Gasteiger partial charge in [-0.3, -0.25) is 4.79 Å². The Balaban J connectivity index is 1.39. The molecule has 7 nitrogen and oxygen atoms in total. The average Bonchev–Trinajstić information content (AvgIpc) is 3.24. The largest absolute Gasteiger partial charge is 0.480 e. The molecule has 2 N–H and O–H groups in total. The first-order valence-electron chi connectivity index (χ1n) is 12.4. The number of carboxylic acids is 1. The highest BCUT2D eigenvalue weighted by Crippen LogP contribution is 2.38. The van der Waals surface area contributed by atoms with Gasteiger partial charge in [0.05, 0.1) is 0 Å². The molecule has 0 unspecified atom stereocenters. The molecule has 1 aliphatic rings. The Morgan fingerprint density at radius 1 is 1.00 bits per heavy atom. The van der Waals surface area contributed by atoms with Gasteiger partial charge in [-0.25, -0.2) is 9.59 Å². The monoisotopic (exact) mass is 487 g/mol. The Hall–Kier alpha value is -3.87. The fourth-order valence-electron chi connectivity index (χ4n) is 5.26. The van der Waals surface area contributed by atoms with E-state index in [0.717, 1.165) is 64.5 Å². The van der Waals surface area contributed by atoms with E-state index in [1.807, 2.05) is 50.2 Å². The second-order valence-corrected chi connectivity index (χ2v) is 9.61. The van der Waals surface area contributed by atoms with E-state index in [9.17, 15) is 19.5 Å². The zero-order valence-corrected chi connectivity index (χ0v) is 20.5. The third kappa shape index (κ3) is 4.41. The number of benzene rings is 2. The molecule has 0 saturated heterocycles. The fraction of sp³-hybridized carbons (Fsp3) is 0.345. The van der Waals surface area contributed by atoms with Crippen molar-refractivity contribution in [2.45, 2.75) is 64.8 Å². The lowest BCUT2D eigenvalue weighted by atomic mass is 9.93. The van der Waals surface area contributed by atoms with E-state index in [2.05, 4.69) is 5.32 Å². The normalized spacial score (nSPS) is 14.1. The maximum absolute atomic E-state index is 12.9. The van der Waals surface area contributed by atoms with Crippen molar-refractivity contribution in [2.24, 2.45) is 0 Å². The zero-order valence-electron chi connectivity index (χ0n) is 20.5. The number of fused-ring (bicyclic) bond motifs is 4. The molecule has 0 bridgehead atoms. The number of carboxylic acid groups (broad SMARTS) is 1. The second kappa shape index (κ2) is 9.64. The van der Waals surface area contributed by atoms with Gasteiger partial charge in [0, 0.05) is 46.7 Å². The molecule has 4 aromatic rings. The van der Waals surface area contributed by atoms with E-state index in [0.29, 0.717) is 11.1 Å². The molecule has 1 amide bonds. The highest BCUT2D eigenvalue weighted by atomic mass is 16.4. The number of nitrogens with one attached hydrogen (secondary N) is 1. The third-order valence-electron chi connectivity index (χ3n) is 7.24. The maximum atomic E-state index is 12.9. The summed E-state index contributed by atoms with van der Waals surface area (Å²) in [6.45, 7) is 3.79. The van der Waals surface area contributed by atoms with Crippen LogP contribution in [0.25, 0.3) is 21.9 Å². The molecule has 1 atom stereocenters. The molecule has 5 rings (SSSR count). The Bertz CT molecular complexity index is 1530. The van der Waals surface area contributed by atoms with Gasteiger partial charge in [0.25, 0.3) is 0 Å². The van der Waals surface area contributed by atoms with Crippen LogP contribution in [0.5, 0.6) is 0 Å². The van der Waals surface area contributed by atoms with Crippen molar-refractivity contribution in [1.82, 2.24) is 5.32 Å². The standard InChI is InChI=1S/C29H29NO6/c1-16-19(12-13-25(31)30-23(28(32)33)14-18-8-4-3-5-9-18)29(34)36-26-17(2)27-22(15-21(16)26)20-10-6-7-11-24(20)35-27/h3-5,8-9,15,23H,6-7,10-14H2,1-2H3,(H,30,31)(H,32,33)/t23-/m1/s1. The van der Waals surface area contributed by atoms with Crippen molar-refractivity contribution in [3.8, 4) is 0 Å². The first-order valence-corrected chi connectivity index (χ1v) is 12.4. The Morgan fingerprint density at radius 2 is 1.72 bits per heavy atom. The number of hydrogen-bond acceptors (Lipinski definition) is 5. The molecule has 0 fully saturated rings. The summed E-state index contributed by atoms with van der Waals surface area (Å²) in [6, 6.07) is 10.1. The van der Waals surface area contributed by atoms with Crippen LogP contribution in [-0.2, 0) is 35.3 Å². The lowest BCUT2D eigenvalue weighted by Crippen LogP contribution is -2.42. The lowest BCUT2D eigenvalue weighted by Gasteiger charge is -2.15. The van der Waals surface area contributed by atoms with Crippen LogP contribution in [0, 0.1) is 13.8 Å². The highest BCUT2D eigenvalue weighted by molar-refractivity contribution is 6.00. The molecule has 0 radical (unpaired) electrons. The van der Waals surface area contributed by atoms with Crippen LogP contribution in [0.15, 0.2) is 50.0 Å². The number of hydrogen-bond donors (Lipinski definition) is 2. The summed E-state index contributed by atoms with van der Waals surface area (Å²) in [5.41, 5.74) is 4.90. The summed E-state index contributed by atoms with van der Waals surface area (Å²) in [4.78, 5) is 37.2. The molecular weight excluding hydrogens is 458 g/mol. The minimum absolute atomic E-state index is 0.0159. The molecular formula is C29H29NO6. The van der Waals surface area contributed by atoms with Crippen molar-refractivity contribution in [3.05, 3.63) is 80.4 Å². The SMILES string of the molecule is Cc1c(CCC(=O)N[C@H](Cc2ccccc2)C(=O)O)c(=O)oc2c(C)c3oc4c(c3cc12)CCCC4. The van der Waals surface area contributed by atoms with E-state index in [4.69, 9.17) is 8.83 Å². The van der Waals surface area contributed by atoms with Crippen LogP contribution in [0.4, 0.5) is 0 Å². The minimum atomic E-state index is -1.10. The van der Waals surface area contributed by atoms with Gasteiger partial charge in [0.15, 0.2) is 0 Å². The van der Waals surface area contributed by atoms with Gasteiger partial charge >= 0.3 is 11.6 Å². The molecule has 2 aromatic heterocycles. The van der Waals surface area contributed by atoms with Crippen LogP contribution in [0.3, 0.4) is 0 Å². The van der Waals surface area contributed by atoms with Crippen molar-refractivity contribution in [3.63, 3.8) is 0 Å². The zero-order chi connectivity index (χ0) is 25.4. The lowest BCUT2D eigenvalue weighted by molar-refractivity contribution is -0.141. The van der Waals surface area contributed by atoms with Gasteiger partial charge in [0.1, 0.15) is 23.0 Å². The Labute approximate surface area is 208 Å². The van der Waals surface area contributed by atoms with Gasteiger partial charge in [-0.15, -0.1) is 0 Å². The van der Waals surface area contributed by atoms with E-state index in [-0.39, 0.29) is 19.3 Å². The van der Waals surface area contributed by atoms with Gasteiger partial charge in [0.2, 0.25) is 5.91 Å². The predicted molar refractivity (Wildman–Crippen MR) is 136 cm³/mol. The molecule has 0 spiro atoms. The van der Waals surface area contributed by atoms with Crippen LogP contribution in [0.1, 0.15) is 52.8 Å². The van der Waals surface area contributed by atoms with Crippen molar-refractivity contribution in [1.29, 1.82) is 0 Å². The molecule has 2 aromatic carbocycles. The van der Waals surface area contributed by atoms with E-state index in [1.54, 1.807) is 0 Å². The summed E-state index contributed by atoms with van der Waals surface area (Å²) >= 11 is 0. The topological polar surface area (TPSA) is 110 Å². The summed E-state index contributed by atoms with van der Waals surface area (Å²) in [5, 5.41) is 14.1. The van der Waals surface area contributed by atoms with Crippen LogP contribution >= 0.6 is 0 Å². The average molecular weight is 488 g/mol. The number of amides is 1. The fourth-order valence-corrected chi connectivity index (χ4v) is 5.26. The summed E-state index contributed by atoms with van der Waals surface area (Å²) in [5.74, 6) is -0.501. The number of carbonyl (C=O) groups is 2. The predicted octanol–water partition coefficient (Wildman–Crippen LogP) is 4.78. The summed E-state index contributed by atoms with van der Waals surface area (Å²) < 4.78 is 11.9. The van der Waals surface area contributed by atoms with Crippen LogP contribution in [0.2, 0.25) is 0 Å². The second-order valence-electron chi connectivity index (χ2n) is 9.61. The van der Waals surface area contributed by atoms with Crippen LogP contribution in [-0.4, -0.2) is 23.0 Å². The Kier molecular flexibility index (Phi) is 6.39. The number of rotatable bonds is 7. The highest BCUT2D eigenvalue weighted by Gasteiger charge is 2.24. The van der Waals surface area contributed by atoms with Gasteiger partial charge in [-0.1, -0.05) is 30.3 Å². The summed E-state index contributed by atoms with van der Waals surface area (Å²) in [6.07, 6.45) is 4.47. The van der Waals surface area contributed by atoms with E-state index < -0.39 is 23.5 Å². The van der Waals surface area contributed by atoms with Crippen molar-refractivity contribution < 1.29 is 23.5 Å². The third-order valence-corrected chi connectivity index (χ3v) is 7.24. The Morgan fingerprint density at radius 3 is 2.47 bits per heavy atom. The number of aryl methyl sites for hydroxylation is 4. The van der Waals surface area contributed by atoms with Crippen molar-refractivity contribution in [2.75, 3.05) is 0 Å². The first-order chi connectivity index (χ1) is 17.3. The van der Waals surface area contributed by atoms with Gasteiger partial charge < -0.3 is 19.3 Å². The number of furan rings is 1.